The Morgan fingerprint density at radius 2 is 1.90 bits per heavy atom. The molecule has 0 spiro atoms. The molecule has 0 atom stereocenters. The van der Waals surface area contributed by atoms with Crippen molar-refractivity contribution in [3.8, 4) is 17.0 Å². The van der Waals surface area contributed by atoms with E-state index >= 15 is 0 Å². The van der Waals surface area contributed by atoms with Crippen molar-refractivity contribution in [2.45, 2.75) is 20.4 Å². The number of nitrogens with one attached hydrogen (secondary N) is 2. The number of rotatable bonds is 5. The molecular weight excluding hydrogens is 366 g/mol. The maximum Gasteiger partial charge on any atom is 0.269 e. The van der Waals surface area contributed by atoms with Crippen LogP contribution < -0.4 is 10.1 Å². The summed E-state index contributed by atoms with van der Waals surface area (Å²) >= 11 is 0. The number of methoxy groups -OCH3 is 1. The van der Waals surface area contributed by atoms with Crippen LogP contribution in [0.25, 0.3) is 22.0 Å². The predicted molar refractivity (Wildman–Crippen MR) is 112 cm³/mol. The number of carbonyl (C=O) groups excluding carboxylic acids is 1. The van der Waals surface area contributed by atoms with E-state index in [0.29, 0.717) is 12.2 Å². The van der Waals surface area contributed by atoms with Crippen molar-refractivity contribution in [1.29, 1.82) is 0 Å². The molecular formula is C22H23N5O2. The van der Waals surface area contributed by atoms with Gasteiger partial charge in [-0.1, -0.05) is 18.2 Å². The molecule has 0 aliphatic rings. The van der Waals surface area contributed by atoms with Gasteiger partial charge in [-0.25, -0.2) is 0 Å². The molecule has 29 heavy (non-hydrogen) atoms. The van der Waals surface area contributed by atoms with Crippen molar-refractivity contribution in [3.05, 3.63) is 65.1 Å². The van der Waals surface area contributed by atoms with E-state index in [-0.39, 0.29) is 5.91 Å². The number of hydrogen-bond donors (Lipinski definition) is 2. The molecule has 0 fully saturated rings. The fraction of sp³-hybridized carbons (Fsp3) is 0.227. The van der Waals surface area contributed by atoms with Crippen LogP contribution in [0.5, 0.6) is 5.75 Å². The summed E-state index contributed by atoms with van der Waals surface area (Å²) in [6, 6.07) is 13.8. The van der Waals surface area contributed by atoms with Gasteiger partial charge in [0.2, 0.25) is 0 Å². The SMILES string of the molecule is COc1ccc2cc(CNC(=O)c3cc(-c4c(C)nn(C)c4C)n[nH]3)ccc2c1. The van der Waals surface area contributed by atoms with Crippen LogP contribution in [-0.4, -0.2) is 33.0 Å². The Hall–Kier alpha value is -3.61. The normalized spacial score (nSPS) is 11.0. The highest BCUT2D eigenvalue weighted by molar-refractivity contribution is 5.93. The third-order valence-electron chi connectivity index (χ3n) is 5.15. The summed E-state index contributed by atoms with van der Waals surface area (Å²) in [5, 5.41) is 16.7. The van der Waals surface area contributed by atoms with Crippen LogP contribution in [0.3, 0.4) is 0 Å². The Bertz CT molecular complexity index is 1210. The second-order valence-electron chi connectivity index (χ2n) is 7.07. The van der Waals surface area contributed by atoms with Crippen molar-refractivity contribution in [2.24, 2.45) is 7.05 Å². The zero-order chi connectivity index (χ0) is 20.5. The van der Waals surface area contributed by atoms with Crippen LogP contribution in [0.4, 0.5) is 0 Å². The molecule has 0 aliphatic carbocycles. The molecule has 0 saturated heterocycles. The van der Waals surface area contributed by atoms with E-state index < -0.39 is 0 Å². The van der Waals surface area contributed by atoms with Gasteiger partial charge in [-0.05, 0) is 54.4 Å². The summed E-state index contributed by atoms with van der Waals surface area (Å²) < 4.78 is 7.07. The van der Waals surface area contributed by atoms with Gasteiger partial charge in [-0.3, -0.25) is 14.6 Å². The third kappa shape index (κ3) is 3.59. The van der Waals surface area contributed by atoms with Crippen molar-refractivity contribution in [3.63, 3.8) is 0 Å². The maximum absolute atomic E-state index is 12.6. The quantitative estimate of drug-likeness (QED) is 0.547. The largest absolute Gasteiger partial charge is 0.497 e. The summed E-state index contributed by atoms with van der Waals surface area (Å²) in [6.07, 6.45) is 0. The first kappa shape index (κ1) is 18.7. The Morgan fingerprint density at radius 1 is 1.14 bits per heavy atom. The summed E-state index contributed by atoms with van der Waals surface area (Å²) in [6.45, 7) is 4.35. The number of H-pyrrole nitrogens is 1. The van der Waals surface area contributed by atoms with Crippen molar-refractivity contribution >= 4 is 16.7 Å². The Morgan fingerprint density at radius 3 is 2.62 bits per heavy atom. The number of nitrogens with zero attached hydrogens (tertiary/aromatic N) is 3. The van der Waals surface area contributed by atoms with Crippen LogP contribution in [0, 0.1) is 13.8 Å². The minimum atomic E-state index is -0.197. The minimum Gasteiger partial charge on any atom is -0.497 e. The maximum atomic E-state index is 12.6. The van der Waals surface area contributed by atoms with E-state index in [1.165, 1.54) is 0 Å². The van der Waals surface area contributed by atoms with Crippen LogP contribution in [0.15, 0.2) is 42.5 Å². The van der Waals surface area contributed by atoms with E-state index in [4.69, 9.17) is 4.74 Å². The molecule has 0 radical (unpaired) electrons. The molecule has 4 aromatic rings. The fourth-order valence-electron chi connectivity index (χ4n) is 3.50. The van der Waals surface area contributed by atoms with Crippen molar-refractivity contribution in [2.75, 3.05) is 7.11 Å². The lowest BCUT2D eigenvalue weighted by Crippen LogP contribution is -2.23. The number of fused-ring (bicyclic) bond motifs is 1. The van der Waals surface area contributed by atoms with Crippen molar-refractivity contribution in [1.82, 2.24) is 25.3 Å². The first-order valence-corrected chi connectivity index (χ1v) is 9.37. The molecule has 7 heteroatoms. The number of aryl methyl sites for hydroxylation is 2. The van der Waals surface area contributed by atoms with Gasteiger partial charge in [0.05, 0.1) is 18.5 Å². The summed E-state index contributed by atoms with van der Waals surface area (Å²) in [7, 11) is 3.55. The van der Waals surface area contributed by atoms with E-state index in [1.807, 2.05) is 55.9 Å². The van der Waals surface area contributed by atoms with Gasteiger partial charge in [0, 0.05) is 24.8 Å². The lowest BCUT2D eigenvalue weighted by atomic mass is 10.1. The van der Waals surface area contributed by atoms with E-state index in [2.05, 4.69) is 26.7 Å². The summed E-state index contributed by atoms with van der Waals surface area (Å²) in [5.41, 5.74) is 5.01. The number of aromatic amines is 1. The van der Waals surface area contributed by atoms with E-state index in [1.54, 1.807) is 13.2 Å². The van der Waals surface area contributed by atoms with Gasteiger partial charge < -0.3 is 10.1 Å². The molecule has 2 N–H and O–H groups in total. The zero-order valence-electron chi connectivity index (χ0n) is 16.9. The first-order chi connectivity index (χ1) is 14.0. The lowest BCUT2D eigenvalue weighted by molar-refractivity contribution is 0.0946. The highest BCUT2D eigenvalue weighted by Crippen LogP contribution is 2.25. The van der Waals surface area contributed by atoms with Crippen LogP contribution in [0.1, 0.15) is 27.4 Å². The Kier molecular flexibility index (Phi) is 4.80. The lowest BCUT2D eigenvalue weighted by Gasteiger charge is -2.07. The molecule has 1 amide bonds. The van der Waals surface area contributed by atoms with Crippen LogP contribution >= 0.6 is 0 Å². The molecule has 2 aromatic carbocycles. The topological polar surface area (TPSA) is 84.8 Å². The fourth-order valence-corrected chi connectivity index (χ4v) is 3.50. The number of aromatic nitrogens is 4. The first-order valence-electron chi connectivity index (χ1n) is 9.37. The summed E-state index contributed by atoms with van der Waals surface area (Å²) in [4.78, 5) is 12.6. The van der Waals surface area contributed by atoms with Gasteiger partial charge in [0.1, 0.15) is 11.4 Å². The number of benzene rings is 2. The predicted octanol–water partition coefficient (Wildman–Crippen LogP) is 3.52. The van der Waals surface area contributed by atoms with Gasteiger partial charge >= 0.3 is 0 Å². The Balaban J connectivity index is 1.47. The van der Waals surface area contributed by atoms with Crippen LogP contribution in [0.2, 0.25) is 0 Å². The smallest absolute Gasteiger partial charge is 0.269 e. The van der Waals surface area contributed by atoms with Crippen LogP contribution in [-0.2, 0) is 13.6 Å². The van der Waals surface area contributed by atoms with E-state index in [9.17, 15) is 4.79 Å². The standard InChI is InChI=1S/C22H23N5O2/c1-13-21(14(2)27(3)26-13)19-11-20(25-24-19)22(28)23-12-15-5-6-17-10-18(29-4)8-7-16(17)9-15/h5-11H,12H2,1-4H3,(H,23,28)(H,24,25). The minimum absolute atomic E-state index is 0.197. The van der Waals surface area contributed by atoms with Gasteiger partial charge in [-0.15, -0.1) is 0 Å². The molecule has 148 valence electrons. The number of amides is 1. The molecule has 4 rings (SSSR count). The third-order valence-corrected chi connectivity index (χ3v) is 5.15. The summed E-state index contributed by atoms with van der Waals surface area (Å²) in [5.74, 6) is 0.630. The average molecular weight is 389 g/mol. The zero-order valence-corrected chi connectivity index (χ0v) is 16.9. The average Bonchev–Trinajstić information content (AvgIpc) is 3.30. The molecule has 0 bridgehead atoms. The second-order valence-corrected chi connectivity index (χ2v) is 7.07. The highest BCUT2D eigenvalue weighted by atomic mass is 16.5. The number of ether oxygens (including phenoxy) is 1. The van der Waals surface area contributed by atoms with Crippen molar-refractivity contribution < 1.29 is 9.53 Å². The molecule has 2 heterocycles. The van der Waals surface area contributed by atoms with Gasteiger partial charge in [0.15, 0.2) is 0 Å². The van der Waals surface area contributed by atoms with Gasteiger partial charge in [0.25, 0.3) is 5.91 Å². The monoisotopic (exact) mass is 389 g/mol. The Labute approximate surface area is 168 Å². The molecule has 0 unspecified atom stereocenters. The number of carbonyl (C=O) groups is 1. The molecule has 2 aromatic heterocycles. The molecule has 7 nitrogen and oxygen atoms in total. The van der Waals surface area contributed by atoms with E-state index in [0.717, 1.165) is 44.7 Å². The molecule has 0 saturated carbocycles. The number of hydrogen-bond acceptors (Lipinski definition) is 4. The molecule has 0 aliphatic heterocycles. The van der Waals surface area contributed by atoms with Gasteiger partial charge in [-0.2, -0.15) is 10.2 Å². The highest BCUT2D eigenvalue weighted by Gasteiger charge is 2.17. The second kappa shape index (κ2) is 7.43.